The van der Waals surface area contributed by atoms with Crippen LogP contribution in [-0.4, -0.2) is 111 Å². The topological polar surface area (TPSA) is 256 Å². The molecule has 8 atom stereocenters. The van der Waals surface area contributed by atoms with Crippen LogP contribution in [0.25, 0.3) is 11.2 Å². The number of nitrogen functional groups attached to an aromatic ring is 1. The number of aliphatic hydroxyl groups is 6. The molecule has 0 bridgehead atoms. The summed E-state index contributed by atoms with van der Waals surface area (Å²) in [5, 5.41) is 57.3. The summed E-state index contributed by atoms with van der Waals surface area (Å²) in [7, 11) is -4.76. The number of hydrogen-bond acceptors (Lipinski definition) is 14. The molecule has 16 nitrogen and oxygen atoms in total. The lowest BCUT2D eigenvalue weighted by Gasteiger charge is -2.26. The summed E-state index contributed by atoms with van der Waals surface area (Å²) in [4.78, 5) is 21.8. The second-order valence-electron chi connectivity index (χ2n) is 7.37. The third-order valence-corrected chi connectivity index (χ3v) is 5.99. The fourth-order valence-corrected chi connectivity index (χ4v) is 3.90. The van der Waals surface area contributed by atoms with Crippen molar-refractivity contribution in [2.75, 3.05) is 25.6 Å². The van der Waals surface area contributed by atoms with Gasteiger partial charge in [0.2, 0.25) is 0 Å². The third kappa shape index (κ3) is 6.00. The molecular weight excluding hydrogens is 469 g/mol. The zero-order valence-corrected chi connectivity index (χ0v) is 18.0. The van der Waals surface area contributed by atoms with E-state index in [1.54, 1.807) is 0 Å². The van der Waals surface area contributed by atoms with E-state index in [0.29, 0.717) is 11.2 Å². The fourth-order valence-electron chi connectivity index (χ4n) is 3.15. The number of anilines is 1. The molecule has 1 aliphatic heterocycles. The lowest BCUT2D eigenvalue weighted by molar-refractivity contribution is -0.123. The molecule has 1 fully saturated rings. The average molecular weight is 495 g/mol. The van der Waals surface area contributed by atoms with Crippen molar-refractivity contribution in [1.82, 2.24) is 19.5 Å². The molecule has 2 aromatic heterocycles. The summed E-state index contributed by atoms with van der Waals surface area (Å²) in [5.41, 5.74) is 6.47. The van der Waals surface area contributed by atoms with Crippen molar-refractivity contribution >= 4 is 24.8 Å². The van der Waals surface area contributed by atoms with Crippen LogP contribution in [0.3, 0.4) is 0 Å². The standard InChI is InChI=1S/C16H26N5O11P/c17-15-12-16(19-5-18-15)21(6-20-12)11-1-7(23)10(32-11)4-31-33(28,29)30-3-9(25)14(27)13(26)8(24)2-22/h5-11,13-14,22-27H,1-4H2,(H,28,29)(H2,17,18,19)/t7?,8-,9+,10-,11-,13-,14-/m1/s1. The second-order valence-corrected chi connectivity index (χ2v) is 8.83. The van der Waals surface area contributed by atoms with E-state index in [1.807, 2.05) is 0 Å². The van der Waals surface area contributed by atoms with E-state index in [1.165, 1.54) is 17.2 Å². The van der Waals surface area contributed by atoms with Crippen molar-refractivity contribution in [3.05, 3.63) is 12.7 Å². The minimum atomic E-state index is -4.76. The Hall–Kier alpha value is -1.82. The van der Waals surface area contributed by atoms with Crippen molar-refractivity contribution in [2.45, 2.75) is 49.3 Å². The molecule has 0 radical (unpaired) electrons. The van der Waals surface area contributed by atoms with Crippen LogP contribution < -0.4 is 5.73 Å². The van der Waals surface area contributed by atoms with Gasteiger partial charge in [0, 0.05) is 6.42 Å². The monoisotopic (exact) mass is 495 g/mol. The maximum absolute atomic E-state index is 12.1. The van der Waals surface area contributed by atoms with Gasteiger partial charge in [0.25, 0.3) is 0 Å². The van der Waals surface area contributed by atoms with Crippen molar-refractivity contribution < 1.29 is 53.9 Å². The molecule has 33 heavy (non-hydrogen) atoms. The molecule has 2 aromatic rings. The highest BCUT2D eigenvalue weighted by atomic mass is 31.2. The molecule has 0 saturated carbocycles. The van der Waals surface area contributed by atoms with Crippen LogP contribution >= 0.6 is 7.82 Å². The zero-order valence-electron chi connectivity index (χ0n) is 17.1. The number of imidazole rings is 1. The van der Waals surface area contributed by atoms with Gasteiger partial charge in [-0.3, -0.25) is 13.6 Å². The minimum absolute atomic E-state index is 0.0932. The van der Waals surface area contributed by atoms with E-state index < -0.39 is 70.5 Å². The largest absolute Gasteiger partial charge is 0.472 e. The Morgan fingerprint density at radius 2 is 1.88 bits per heavy atom. The molecule has 1 aliphatic rings. The van der Waals surface area contributed by atoms with E-state index in [0.717, 1.165) is 0 Å². The minimum Gasteiger partial charge on any atom is -0.394 e. The molecule has 0 aliphatic carbocycles. The van der Waals surface area contributed by atoms with Crippen molar-refractivity contribution in [3.8, 4) is 0 Å². The van der Waals surface area contributed by atoms with Gasteiger partial charge in [0.05, 0.1) is 32.3 Å². The van der Waals surface area contributed by atoms with Gasteiger partial charge in [-0.15, -0.1) is 0 Å². The Morgan fingerprint density at radius 3 is 2.58 bits per heavy atom. The van der Waals surface area contributed by atoms with Crippen molar-refractivity contribution in [2.24, 2.45) is 0 Å². The molecule has 17 heteroatoms. The number of phosphoric acid groups is 1. The van der Waals surface area contributed by atoms with E-state index in [9.17, 15) is 35.0 Å². The summed E-state index contributed by atoms with van der Waals surface area (Å²) in [6, 6.07) is 0. The van der Waals surface area contributed by atoms with Gasteiger partial charge in [-0.25, -0.2) is 19.5 Å². The first-order chi connectivity index (χ1) is 15.5. The zero-order chi connectivity index (χ0) is 24.3. The maximum Gasteiger partial charge on any atom is 0.472 e. The predicted molar refractivity (Wildman–Crippen MR) is 107 cm³/mol. The summed E-state index contributed by atoms with van der Waals surface area (Å²) in [6.45, 7) is -2.38. The molecular formula is C16H26N5O11P. The number of aliphatic hydroxyl groups excluding tert-OH is 6. The van der Waals surface area contributed by atoms with E-state index in [-0.39, 0.29) is 12.2 Å². The van der Waals surface area contributed by atoms with Crippen LogP contribution in [0.1, 0.15) is 12.6 Å². The molecule has 3 heterocycles. The third-order valence-electron chi connectivity index (χ3n) is 5.04. The number of aromatic nitrogens is 4. The quantitative estimate of drug-likeness (QED) is 0.142. The highest BCUT2D eigenvalue weighted by Crippen LogP contribution is 2.44. The van der Waals surface area contributed by atoms with Crippen LogP contribution in [0.2, 0.25) is 0 Å². The summed E-state index contributed by atoms with van der Waals surface area (Å²) >= 11 is 0. The van der Waals surface area contributed by atoms with Crippen molar-refractivity contribution in [1.29, 1.82) is 0 Å². The number of hydrogen-bond donors (Lipinski definition) is 8. The van der Waals surface area contributed by atoms with Gasteiger partial charge < -0.3 is 46.0 Å². The first-order valence-corrected chi connectivity index (χ1v) is 11.2. The van der Waals surface area contributed by atoms with Gasteiger partial charge in [-0.1, -0.05) is 0 Å². The van der Waals surface area contributed by atoms with Gasteiger partial charge in [0.15, 0.2) is 11.5 Å². The molecule has 3 rings (SSSR count). The Labute approximate surface area is 186 Å². The molecule has 0 aromatic carbocycles. The molecule has 2 unspecified atom stereocenters. The smallest absolute Gasteiger partial charge is 0.394 e. The maximum atomic E-state index is 12.1. The van der Waals surface area contributed by atoms with Crippen molar-refractivity contribution in [3.63, 3.8) is 0 Å². The number of fused-ring (bicyclic) bond motifs is 1. The Kier molecular flexibility index (Phi) is 8.31. The SMILES string of the molecule is Nc1ncnc2c1ncn2[C@H]1CC(O)[C@@H](COP(=O)(O)OC[C@H](O)[C@@H](O)[C@H](O)[C@H](O)CO)O1. The number of ether oxygens (including phenoxy) is 1. The van der Waals surface area contributed by atoms with E-state index in [2.05, 4.69) is 19.5 Å². The highest BCUT2D eigenvalue weighted by molar-refractivity contribution is 7.47. The van der Waals surface area contributed by atoms with E-state index >= 15 is 0 Å². The first kappa shape index (κ1) is 25.8. The highest BCUT2D eigenvalue weighted by Gasteiger charge is 2.38. The second kappa shape index (κ2) is 10.6. The number of rotatable bonds is 11. The number of phosphoric ester groups is 1. The number of nitrogens with two attached hydrogens (primary N) is 1. The van der Waals surface area contributed by atoms with Crippen LogP contribution in [-0.2, 0) is 18.3 Å². The van der Waals surface area contributed by atoms with Gasteiger partial charge >= 0.3 is 7.82 Å². The summed E-state index contributed by atoms with van der Waals surface area (Å²) < 4.78 is 28.7. The Bertz CT molecular complexity index is 979. The van der Waals surface area contributed by atoms with Crippen LogP contribution in [0, 0.1) is 0 Å². The molecule has 0 spiro atoms. The Balaban J connectivity index is 1.52. The molecule has 9 N–H and O–H groups in total. The van der Waals surface area contributed by atoms with Gasteiger partial charge in [-0.05, 0) is 0 Å². The average Bonchev–Trinajstić information content (AvgIpc) is 3.38. The first-order valence-electron chi connectivity index (χ1n) is 9.75. The summed E-state index contributed by atoms with van der Waals surface area (Å²) in [5.74, 6) is 0.168. The molecule has 0 amide bonds. The van der Waals surface area contributed by atoms with Crippen LogP contribution in [0.5, 0.6) is 0 Å². The lowest BCUT2D eigenvalue weighted by Crippen LogP contribution is -2.47. The van der Waals surface area contributed by atoms with Crippen LogP contribution in [0.4, 0.5) is 5.82 Å². The molecule has 186 valence electrons. The normalized spacial score (nSPS) is 26.7. The fraction of sp³-hybridized carbons (Fsp3) is 0.688. The summed E-state index contributed by atoms with van der Waals surface area (Å²) in [6.07, 6.45) is -7.59. The lowest BCUT2D eigenvalue weighted by atomic mass is 10.0. The van der Waals surface area contributed by atoms with Gasteiger partial charge in [-0.2, -0.15) is 0 Å². The molecule has 1 saturated heterocycles. The van der Waals surface area contributed by atoms with Crippen LogP contribution in [0.15, 0.2) is 12.7 Å². The van der Waals surface area contributed by atoms with E-state index in [4.69, 9.17) is 20.1 Å². The number of nitrogens with zero attached hydrogens (tertiary/aromatic N) is 4. The Morgan fingerprint density at radius 1 is 1.18 bits per heavy atom. The van der Waals surface area contributed by atoms with Gasteiger partial charge in [0.1, 0.15) is 48.6 Å². The predicted octanol–water partition coefficient (Wildman–Crippen LogP) is -3.37.